The summed E-state index contributed by atoms with van der Waals surface area (Å²) < 4.78 is 21.4. The van der Waals surface area contributed by atoms with E-state index in [1.165, 1.54) is 0 Å². The van der Waals surface area contributed by atoms with Gasteiger partial charge in [0.25, 0.3) is 0 Å². The lowest BCUT2D eigenvalue weighted by molar-refractivity contribution is -0.122. The van der Waals surface area contributed by atoms with Gasteiger partial charge in [0.15, 0.2) is 0 Å². The summed E-state index contributed by atoms with van der Waals surface area (Å²) in [5.41, 5.74) is 0. The topological polar surface area (TPSA) is 98.4 Å². The zero-order chi connectivity index (χ0) is 20.2. The Labute approximate surface area is 163 Å². The zero-order valence-corrected chi connectivity index (χ0v) is 17.1. The van der Waals surface area contributed by atoms with Gasteiger partial charge in [-0.15, -0.1) is 0 Å². The molecule has 0 fully saturated rings. The molecular weight excluding hydrogens is 354 g/mol. The Balaban J connectivity index is 3.14. The molecule has 0 saturated carbocycles. The summed E-state index contributed by atoms with van der Waals surface area (Å²) in [4.78, 5) is 24.5. The fourth-order valence-electron chi connectivity index (χ4n) is 1.96. The molecule has 0 heterocycles. The fourth-order valence-corrected chi connectivity index (χ4v) is 1.96. The van der Waals surface area contributed by atoms with E-state index in [-0.39, 0.29) is 11.8 Å². The van der Waals surface area contributed by atoms with Crippen LogP contribution in [0.15, 0.2) is 0 Å². The van der Waals surface area contributed by atoms with Gasteiger partial charge in [0, 0.05) is 26.4 Å². The molecular formula is C18H37N3O6. The van der Waals surface area contributed by atoms with Gasteiger partial charge in [0.1, 0.15) is 0 Å². The summed E-state index contributed by atoms with van der Waals surface area (Å²) >= 11 is 0. The summed E-state index contributed by atoms with van der Waals surface area (Å²) in [5.74, 6) is 0.0281. The normalized spacial score (nSPS) is 11.0. The molecule has 0 bridgehead atoms. The van der Waals surface area contributed by atoms with E-state index in [9.17, 15) is 9.59 Å². The van der Waals surface area contributed by atoms with Crippen LogP contribution in [0.1, 0.15) is 19.3 Å². The van der Waals surface area contributed by atoms with Crippen molar-refractivity contribution in [3.8, 4) is 0 Å². The average Bonchev–Trinajstić information content (AvgIpc) is 2.64. The van der Waals surface area contributed by atoms with Gasteiger partial charge in [0.05, 0.1) is 52.9 Å². The molecule has 160 valence electrons. The van der Waals surface area contributed by atoms with Gasteiger partial charge < -0.3 is 34.5 Å². The molecule has 9 nitrogen and oxygen atoms in total. The maximum Gasteiger partial charge on any atom is 0.222 e. The van der Waals surface area contributed by atoms with E-state index in [0.29, 0.717) is 72.2 Å². The van der Waals surface area contributed by atoms with Gasteiger partial charge in [0.2, 0.25) is 11.8 Å². The molecule has 0 aliphatic rings. The first kappa shape index (κ1) is 25.7. The second-order valence-corrected chi connectivity index (χ2v) is 6.13. The van der Waals surface area contributed by atoms with Crippen molar-refractivity contribution in [2.75, 3.05) is 87.1 Å². The van der Waals surface area contributed by atoms with E-state index >= 15 is 0 Å². The van der Waals surface area contributed by atoms with Crippen molar-refractivity contribution in [3.63, 3.8) is 0 Å². The molecule has 0 aromatic carbocycles. The Bertz CT molecular complexity index is 369. The molecule has 0 aromatic rings. The Morgan fingerprint density at radius 1 is 0.741 bits per heavy atom. The van der Waals surface area contributed by atoms with Gasteiger partial charge in [-0.3, -0.25) is 9.59 Å². The quantitative estimate of drug-likeness (QED) is 0.290. The molecule has 0 saturated heterocycles. The summed E-state index contributed by atoms with van der Waals surface area (Å²) in [7, 11) is 5.58. The minimum Gasteiger partial charge on any atom is -0.379 e. The molecule has 9 heteroatoms. The van der Waals surface area contributed by atoms with Crippen LogP contribution in [-0.4, -0.2) is 104 Å². The predicted octanol–water partition coefficient (Wildman–Crippen LogP) is -0.353. The van der Waals surface area contributed by atoms with E-state index < -0.39 is 0 Å². The molecule has 0 aliphatic heterocycles. The summed E-state index contributed by atoms with van der Waals surface area (Å²) in [6.45, 7) is 5.19. The van der Waals surface area contributed by atoms with Crippen LogP contribution in [0, 0.1) is 0 Å². The van der Waals surface area contributed by atoms with Crippen molar-refractivity contribution >= 4 is 11.8 Å². The van der Waals surface area contributed by atoms with Gasteiger partial charge in [-0.2, -0.15) is 0 Å². The van der Waals surface area contributed by atoms with Crippen molar-refractivity contribution in [3.05, 3.63) is 0 Å². The third kappa shape index (κ3) is 20.9. The third-order valence-electron chi connectivity index (χ3n) is 3.45. The van der Waals surface area contributed by atoms with E-state index in [0.717, 1.165) is 13.0 Å². The molecule has 0 aliphatic carbocycles. The van der Waals surface area contributed by atoms with Gasteiger partial charge in [-0.05, 0) is 27.1 Å². The highest BCUT2D eigenvalue weighted by Crippen LogP contribution is 1.90. The van der Waals surface area contributed by atoms with Crippen LogP contribution in [0.5, 0.6) is 0 Å². The van der Waals surface area contributed by atoms with Crippen LogP contribution in [0.3, 0.4) is 0 Å². The number of hydrogen-bond acceptors (Lipinski definition) is 7. The van der Waals surface area contributed by atoms with E-state index in [1.807, 2.05) is 14.1 Å². The van der Waals surface area contributed by atoms with Crippen molar-refractivity contribution < 1.29 is 28.5 Å². The van der Waals surface area contributed by atoms with Crippen LogP contribution in [-0.2, 0) is 28.5 Å². The lowest BCUT2D eigenvalue weighted by Gasteiger charge is -2.10. The lowest BCUT2D eigenvalue weighted by Crippen LogP contribution is -2.28. The first-order chi connectivity index (χ1) is 13.1. The lowest BCUT2D eigenvalue weighted by atomic mass is 10.3. The number of amides is 2. The average molecular weight is 392 g/mol. The van der Waals surface area contributed by atoms with Gasteiger partial charge >= 0.3 is 0 Å². The van der Waals surface area contributed by atoms with E-state index in [4.69, 9.17) is 18.9 Å². The SMILES string of the molecule is CNC(=O)CCOCCOCCOCCOCCNC(=O)CCCN(C)C. The predicted molar refractivity (Wildman–Crippen MR) is 103 cm³/mol. The minimum absolute atomic E-state index is 0.0334. The van der Waals surface area contributed by atoms with Crippen molar-refractivity contribution in [2.24, 2.45) is 0 Å². The Morgan fingerprint density at radius 2 is 1.26 bits per heavy atom. The highest BCUT2D eigenvalue weighted by molar-refractivity contribution is 5.76. The summed E-state index contributed by atoms with van der Waals surface area (Å²) in [6, 6.07) is 0. The number of hydrogen-bond donors (Lipinski definition) is 2. The van der Waals surface area contributed by atoms with Crippen LogP contribution >= 0.6 is 0 Å². The molecule has 2 N–H and O–H groups in total. The number of nitrogens with one attached hydrogen (secondary N) is 2. The molecule has 27 heavy (non-hydrogen) atoms. The molecule has 0 rings (SSSR count). The van der Waals surface area contributed by atoms with Gasteiger partial charge in [-0.1, -0.05) is 0 Å². The number of nitrogens with zero attached hydrogens (tertiary/aromatic N) is 1. The van der Waals surface area contributed by atoms with Crippen molar-refractivity contribution in [1.29, 1.82) is 0 Å². The smallest absolute Gasteiger partial charge is 0.222 e. The molecule has 0 unspecified atom stereocenters. The first-order valence-corrected chi connectivity index (χ1v) is 9.49. The van der Waals surface area contributed by atoms with Crippen LogP contribution in [0.25, 0.3) is 0 Å². The second-order valence-electron chi connectivity index (χ2n) is 6.13. The van der Waals surface area contributed by atoms with Crippen LogP contribution in [0.2, 0.25) is 0 Å². The number of ether oxygens (including phenoxy) is 4. The van der Waals surface area contributed by atoms with Crippen molar-refractivity contribution in [1.82, 2.24) is 15.5 Å². The van der Waals surface area contributed by atoms with Gasteiger partial charge in [-0.25, -0.2) is 0 Å². The monoisotopic (exact) mass is 391 g/mol. The highest BCUT2D eigenvalue weighted by Gasteiger charge is 2.01. The largest absolute Gasteiger partial charge is 0.379 e. The fraction of sp³-hybridized carbons (Fsp3) is 0.889. The third-order valence-corrected chi connectivity index (χ3v) is 3.45. The second kappa shape index (κ2) is 19.5. The maximum absolute atomic E-state index is 11.5. The Kier molecular flexibility index (Phi) is 18.6. The Morgan fingerprint density at radius 3 is 1.78 bits per heavy atom. The molecule has 0 aromatic heterocycles. The number of rotatable bonds is 19. The summed E-state index contributed by atoms with van der Waals surface area (Å²) in [6.07, 6.45) is 1.76. The zero-order valence-electron chi connectivity index (χ0n) is 17.1. The van der Waals surface area contributed by atoms with Crippen LogP contribution < -0.4 is 10.6 Å². The molecule has 0 spiro atoms. The summed E-state index contributed by atoms with van der Waals surface area (Å²) in [5, 5.41) is 5.36. The number of carbonyl (C=O) groups is 2. The van der Waals surface area contributed by atoms with E-state index in [1.54, 1.807) is 7.05 Å². The minimum atomic E-state index is -0.0334. The molecule has 2 amide bonds. The van der Waals surface area contributed by atoms with Crippen molar-refractivity contribution in [2.45, 2.75) is 19.3 Å². The molecule has 0 radical (unpaired) electrons. The van der Waals surface area contributed by atoms with Crippen LogP contribution in [0.4, 0.5) is 0 Å². The maximum atomic E-state index is 11.5. The highest BCUT2D eigenvalue weighted by atomic mass is 16.6. The standard InChI is InChI=1S/C18H37N3O6/c1-19-17(22)6-9-24-11-13-26-15-16-27-14-12-25-10-7-20-18(23)5-4-8-21(2)3/h4-16H2,1-3H3,(H,19,22)(H,20,23). The number of carbonyl (C=O) groups excluding carboxylic acids is 2. The Hall–Kier alpha value is -1.26. The molecule has 0 atom stereocenters. The van der Waals surface area contributed by atoms with E-state index in [2.05, 4.69) is 15.5 Å². The first-order valence-electron chi connectivity index (χ1n) is 9.49.